The average molecular weight is 318 g/mol. The lowest BCUT2D eigenvalue weighted by atomic mass is 10.1. The molecule has 0 unspecified atom stereocenters. The standard InChI is InChI=1S/C17H22N2O4/c1-2-23-12-6-10-18-15(20)9-5-11-19-16(21)13-7-3-4-8-14(13)17(19)22/h3-4,7-8H,2,5-6,9-12H2,1H3,(H,18,20). The molecule has 3 amide bonds. The summed E-state index contributed by atoms with van der Waals surface area (Å²) in [5, 5.41) is 2.80. The molecule has 2 rings (SSSR count). The fourth-order valence-corrected chi connectivity index (χ4v) is 2.47. The van der Waals surface area contributed by atoms with Gasteiger partial charge in [-0.1, -0.05) is 12.1 Å². The Hall–Kier alpha value is -2.21. The van der Waals surface area contributed by atoms with Crippen LogP contribution in [0.2, 0.25) is 0 Å². The number of carbonyl (C=O) groups is 3. The van der Waals surface area contributed by atoms with Gasteiger partial charge in [0.05, 0.1) is 11.1 Å². The normalized spacial score (nSPS) is 13.3. The zero-order valence-electron chi connectivity index (χ0n) is 13.3. The van der Waals surface area contributed by atoms with Crippen molar-refractivity contribution in [2.75, 3.05) is 26.3 Å². The van der Waals surface area contributed by atoms with E-state index in [2.05, 4.69) is 5.32 Å². The van der Waals surface area contributed by atoms with Crippen molar-refractivity contribution < 1.29 is 19.1 Å². The first-order chi connectivity index (χ1) is 11.1. The molecule has 0 bridgehead atoms. The second kappa shape index (κ2) is 8.43. The van der Waals surface area contributed by atoms with Gasteiger partial charge >= 0.3 is 0 Å². The quantitative estimate of drug-likeness (QED) is 0.554. The lowest BCUT2D eigenvalue weighted by molar-refractivity contribution is -0.121. The van der Waals surface area contributed by atoms with Crippen molar-refractivity contribution in [1.29, 1.82) is 0 Å². The largest absolute Gasteiger partial charge is 0.382 e. The van der Waals surface area contributed by atoms with Crippen LogP contribution < -0.4 is 5.32 Å². The first-order valence-corrected chi connectivity index (χ1v) is 7.94. The number of nitrogens with one attached hydrogen (secondary N) is 1. The summed E-state index contributed by atoms with van der Waals surface area (Å²) in [6.07, 6.45) is 1.53. The highest BCUT2D eigenvalue weighted by Gasteiger charge is 2.34. The molecule has 1 heterocycles. The molecule has 6 nitrogen and oxygen atoms in total. The highest BCUT2D eigenvalue weighted by Crippen LogP contribution is 2.22. The SMILES string of the molecule is CCOCCCNC(=O)CCCN1C(=O)c2ccccc2C1=O. The van der Waals surface area contributed by atoms with Crippen molar-refractivity contribution in [3.63, 3.8) is 0 Å². The van der Waals surface area contributed by atoms with E-state index in [1.807, 2.05) is 6.92 Å². The fourth-order valence-electron chi connectivity index (χ4n) is 2.47. The van der Waals surface area contributed by atoms with E-state index < -0.39 is 0 Å². The van der Waals surface area contributed by atoms with Gasteiger partial charge in [0.2, 0.25) is 5.91 Å². The molecule has 0 saturated carbocycles. The van der Waals surface area contributed by atoms with Gasteiger partial charge in [-0.3, -0.25) is 19.3 Å². The Morgan fingerprint density at radius 2 is 1.78 bits per heavy atom. The number of carbonyl (C=O) groups excluding carboxylic acids is 3. The number of rotatable bonds is 9. The molecule has 0 radical (unpaired) electrons. The molecule has 1 aliphatic rings. The van der Waals surface area contributed by atoms with Gasteiger partial charge in [0.15, 0.2) is 0 Å². The molecule has 1 N–H and O–H groups in total. The zero-order valence-corrected chi connectivity index (χ0v) is 13.3. The summed E-state index contributed by atoms with van der Waals surface area (Å²) in [5.41, 5.74) is 0.885. The minimum atomic E-state index is -0.275. The Morgan fingerprint density at radius 1 is 1.13 bits per heavy atom. The van der Waals surface area contributed by atoms with E-state index >= 15 is 0 Å². The van der Waals surface area contributed by atoms with Crippen LogP contribution in [-0.4, -0.2) is 48.9 Å². The van der Waals surface area contributed by atoms with E-state index in [0.717, 1.165) is 6.42 Å². The lowest BCUT2D eigenvalue weighted by Gasteiger charge is -2.13. The molecule has 1 aromatic rings. The summed E-state index contributed by atoms with van der Waals surface area (Å²) in [6.45, 7) is 4.07. The van der Waals surface area contributed by atoms with Crippen LogP contribution >= 0.6 is 0 Å². The highest BCUT2D eigenvalue weighted by atomic mass is 16.5. The van der Waals surface area contributed by atoms with Crippen LogP contribution in [0, 0.1) is 0 Å². The van der Waals surface area contributed by atoms with E-state index in [1.54, 1.807) is 24.3 Å². The third kappa shape index (κ3) is 4.39. The predicted octanol–water partition coefficient (Wildman–Crippen LogP) is 1.61. The first kappa shape index (κ1) is 17.1. The number of ether oxygens (including phenoxy) is 1. The average Bonchev–Trinajstić information content (AvgIpc) is 2.80. The summed E-state index contributed by atoms with van der Waals surface area (Å²) >= 11 is 0. The van der Waals surface area contributed by atoms with Crippen LogP contribution in [0.5, 0.6) is 0 Å². The molecule has 0 aliphatic carbocycles. The Morgan fingerprint density at radius 3 is 2.39 bits per heavy atom. The summed E-state index contributed by atoms with van der Waals surface area (Å²) in [7, 11) is 0. The van der Waals surface area contributed by atoms with Crippen LogP contribution in [-0.2, 0) is 9.53 Å². The van der Waals surface area contributed by atoms with Crippen LogP contribution in [0.3, 0.4) is 0 Å². The van der Waals surface area contributed by atoms with Crippen molar-refractivity contribution in [3.8, 4) is 0 Å². The molecular weight excluding hydrogens is 296 g/mol. The van der Waals surface area contributed by atoms with Gasteiger partial charge < -0.3 is 10.1 Å². The molecule has 6 heteroatoms. The summed E-state index contributed by atoms with van der Waals surface area (Å²) in [6, 6.07) is 6.79. The Balaban J connectivity index is 1.70. The number of benzene rings is 1. The van der Waals surface area contributed by atoms with Crippen molar-refractivity contribution in [3.05, 3.63) is 35.4 Å². The number of hydrogen-bond donors (Lipinski definition) is 1. The van der Waals surface area contributed by atoms with Gasteiger partial charge in [0.1, 0.15) is 0 Å². The van der Waals surface area contributed by atoms with Crippen molar-refractivity contribution in [2.45, 2.75) is 26.2 Å². The van der Waals surface area contributed by atoms with Gasteiger partial charge in [0.25, 0.3) is 11.8 Å². The topological polar surface area (TPSA) is 75.7 Å². The Labute approximate surface area is 135 Å². The first-order valence-electron chi connectivity index (χ1n) is 7.94. The Kier molecular flexibility index (Phi) is 6.29. The van der Waals surface area contributed by atoms with Crippen molar-refractivity contribution in [1.82, 2.24) is 10.2 Å². The van der Waals surface area contributed by atoms with Gasteiger partial charge in [-0.2, -0.15) is 0 Å². The molecule has 1 aliphatic heterocycles. The van der Waals surface area contributed by atoms with Gasteiger partial charge in [-0.05, 0) is 31.9 Å². The molecule has 0 saturated heterocycles. The lowest BCUT2D eigenvalue weighted by Crippen LogP contribution is -2.32. The van der Waals surface area contributed by atoms with E-state index in [1.165, 1.54) is 4.90 Å². The number of hydrogen-bond acceptors (Lipinski definition) is 4. The third-order valence-corrected chi connectivity index (χ3v) is 3.66. The minimum absolute atomic E-state index is 0.0712. The highest BCUT2D eigenvalue weighted by molar-refractivity contribution is 6.21. The van der Waals surface area contributed by atoms with E-state index in [-0.39, 0.29) is 24.3 Å². The van der Waals surface area contributed by atoms with Crippen molar-refractivity contribution in [2.24, 2.45) is 0 Å². The predicted molar refractivity (Wildman–Crippen MR) is 85.2 cm³/mol. The van der Waals surface area contributed by atoms with Crippen LogP contribution in [0.4, 0.5) is 0 Å². The molecule has 23 heavy (non-hydrogen) atoms. The molecular formula is C17H22N2O4. The molecule has 0 spiro atoms. The molecule has 124 valence electrons. The number of imide groups is 1. The van der Waals surface area contributed by atoms with E-state index in [4.69, 9.17) is 4.74 Å². The van der Waals surface area contributed by atoms with E-state index in [9.17, 15) is 14.4 Å². The summed E-state index contributed by atoms with van der Waals surface area (Å²) in [5.74, 6) is -0.622. The maximum absolute atomic E-state index is 12.1. The smallest absolute Gasteiger partial charge is 0.261 e. The number of fused-ring (bicyclic) bond motifs is 1. The molecule has 1 aromatic carbocycles. The van der Waals surface area contributed by atoms with E-state index in [0.29, 0.717) is 43.7 Å². The minimum Gasteiger partial charge on any atom is -0.382 e. The van der Waals surface area contributed by atoms with Crippen molar-refractivity contribution >= 4 is 17.7 Å². The van der Waals surface area contributed by atoms with Crippen LogP contribution in [0.25, 0.3) is 0 Å². The third-order valence-electron chi connectivity index (χ3n) is 3.66. The van der Waals surface area contributed by atoms with Gasteiger partial charge in [-0.25, -0.2) is 0 Å². The second-order valence-corrected chi connectivity index (χ2v) is 5.31. The summed E-state index contributed by atoms with van der Waals surface area (Å²) in [4.78, 5) is 37.2. The number of nitrogens with zero attached hydrogens (tertiary/aromatic N) is 1. The number of amides is 3. The summed E-state index contributed by atoms with van der Waals surface area (Å²) < 4.78 is 5.19. The maximum atomic E-state index is 12.1. The van der Waals surface area contributed by atoms with Gasteiger partial charge in [-0.15, -0.1) is 0 Å². The van der Waals surface area contributed by atoms with Crippen LogP contribution in [0.15, 0.2) is 24.3 Å². The van der Waals surface area contributed by atoms with Gasteiger partial charge in [0, 0.05) is 32.7 Å². The monoisotopic (exact) mass is 318 g/mol. The fraction of sp³-hybridized carbons (Fsp3) is 0.471. The second-order valence-electron chi connectivity index (χ2n) is 5.31. The van der Waals surface area contributed by atoms with Crippen LogP contribution in [0.1, 0.15) is 46.9 Å². The molecule has 0 atom stereocenters. The molecule has 0 fully saturated rings. The maximum Gasteiger partial charge on any atom is 0.261 e. The molecule has 0 aromatic heterocycles. The zero-order chi connectivity index (χ0) is 16.7. The Bertz CT molecular complexity index is 551.